The minimum atomic E-state index is -0.655. The fourth-order valence-corrected chi connectivity index (χ4v) is 1.46. The van der Waals surface area contributed by atoms with E-state index in [-0.39, 0.29) is 12.5 Å². The molecule has 0 aromatic rings. The molecule has 1 fully saturated rings. The molecule has 0 saturated heterocycles. The lowest BCUT2D eigenvalue weighted by molar-refractivity contribution is -0.149. The molecule has 0 heterocycles. The summed E-state index contributed by atoms with van der Waals surface area (Å²) in [5.41, 5.74) is 0. The van der Waals surface area contributed by atoms with E-state index in [1.165, 1.54) is 0 Å². The first kappa shape index (κ1) is 9.52. The Morgan fingerprint density at radius 1 is 1.33 bits per heavy atom. The average Bonchev–Trinajstić information content (AvgIpc) is 2.37. The molecule has 1 aliphatic carbocycles. The van der Waals surface area contributed by atoms with Crippen LogP contribution in [0.3, 0.4) is 0 Å². The fourth-order valence-electron chi connectivity index (χ4n) is 1.35. The summed E-state index contributed by atoms with van der Waals surface area (Å²) in [6.45, 7) is 0. The highest BCUT2D eigenvalue weighted by molar-refractivity contribution is 6.64. The molecule has 0 radical (unpaired) electrons. The van der Waals surface area contributed by atoms with Crippen molar-refractivity contribution in [3.05, 3.63) is 0 Å². The maximum Gasteiger partial charge on any atom is 0.314 e. The van der Waals surface area contributed by atoms with Crippen LogP contribution in [0.1, 0.15) is 32.1 Å². The Labute approximate surface area is 76.0 Å². The second-order valence-electron chi connectivity index (χ2n) is 2.93. The highest BCUT2D eigenvalue weighted by atomic mass is 35.5. The zero-order valence-electron chi connectivity index (χ0n) is 6.72. The van der Waals surface area contributed by atoms with Gasteiger partial charge < -0.3 is 4.74 Å². The third-order valence-corrected chi connectivity index (χ3v) is 2.02. The van der Waals surface area contributed by atoms with Crippen molar-refractivity contribution in [1.82, 2.24) is 0 Å². The molecule has 0 bridgehead atoms. The lowest BCUT2D eigenvalue weighted by Gasteiger charge is -2.09. The van der Waals surface area contributed by atoms with Crippen LogP contribution >= 0.6 is 11.6 Å². The van der Waals surface area contributed by atoms with Crippen molar-refractivity contribution < 1.29 is 14.3 Å². The van der Waals surface area contributed by atoms with Crippen molar-refractivity contribution in [2.24, 2.45) is 0 Å². The number of ether oxygens (including phenoxy) is 1. The van der Waals surface area contributed by atoms with Crippen LogP contribution in [-0.4, -0.2) is 17.3 Å². The molecular weight excluding hydrogens is 180 g/mol. The predicted octanol–water partition coefficient (Wildman–Crippen LogP) is 1.63. The first-order chi connectivity index (χ1) is 5.68. The summed E-state index contributed by atoms with van der Waals surface area (Å²) in [7, 11) is 0. The van der Waals surface area contributed by atoms with Gasteiger partial charge in [-0.25, -0.2) is 0 Å². The molecule has 4 heteroatoms. The van der Waals surface area contributed by atoms with E-state index in [0.717, 1.165) is 25.7 Å². The van der Waals surface area contributed by atoms with Gasteiger partial charge in [-0.1, -0.05) is 0 Å². The number of rotatable bonds is 3. The predicted molar refractivity (Wildman–Crippen MR) is 43.8 cm³/mol. The summed E-state index contributed by atoms with van der Waals surface area (Å²) in [5.74, 6) is -0.498. The summed E-state index contributed by atoms with van der Waals surface area (Å²) in [5, 5.41) is -0.655. The van der Waals surface area contributed by atoms with Gasteiger partial charge >= 0.3 is 5.97 Å². The smallest absolute Gasteiger partial charge is 0.314 e. The summed E-state index contributed by atoms with van der Waals surface area (Å²) in [6.07, 6.45) is 3.76. The van der Waals surface area contributed by atoms with Crippen LogP contribution in [0.15, 0.2) is 0 Å². The van der Waals surface area contributed by atoms with Crippen molar-refractivity contribution in [3.8, 4) is 0 Å². The Kier molecular flexibility index (Phi) is 3.53. The second kappa shape index (κ2) is 4.45. The third-order valence-electron chi connectivity index (χ3n) is 1.88. The van der Waals surface area contributed by atoms with Gasteiger partial charge in [0.2, 0.25) is 5.24 Å². The Morgan fingerprint density at radius 2 is 1.92 bits per heavy atom. The van der Waals surface area contributed by atoms with E-state index in [0.29, 0.717) is 0 Å². The molecule has 1 aliphatic rings. The number of esters is 1. The largest absolute Gasteiger partial charge is 0.462 e. The maximum absolute atomic E-state index is 10.9. The molecule has 0 spiro atoms. The van der Waals surface area contributed by atoms with Gasteiger partial charge in [-0.2, -0.15) is 0 Å². The highest BCUT2D eigenvalue weighted by Gasteiger charge is 2.19. The number of hydrogen-bond donors (Lipinski definition) is 0. The Hall–Kier alpha value is -0.570. The lowest BCUT2D eigenvalue weighted by Crippen LogP contribution is -2.15. The molecule has 0 atom stereocenters. The molecule has 0 unspecified atom stereocenters. The zero-order valence-corrected chi connectivity index (χ0v) is 7.47. The molecule has 0 aliphatic heterocycles. The molecule has 0 aromatic heterocycles. The number of hydrogen-bond acceptors (Lipinski definition) is 3. The molecule has 12 heavy (non-hydrogen) atoms. The number of halogens is 1. The molecule has 0 amide bonds. The Morgan fingerprint density at radius 3 is 2.42 bits per heavy atom. The van der Waals surface area contributed by atoms with Crippen LogP contribution in [0.4, 0.5) is 0 Å². The van der Waals surface area contributed by atoms with E-state index in [4.69, 9.17) is 16.3 Å². The monoisotopic (exact) mass is 190 g/mol. The van der Waals surface area contributed by atoms with E-state index in [1.807, 2.05) is 0 Å². The van der Waals surface area contributed by atoms with Gasteiger partial charge in [-0.3, -0.25) is 9.59 Å². The third kappa shape index (κ3) is 3.22. The van der Waals surface area contributed by atoms with Crippen LogP contribution < -0.4 is 0 Å². The van der Waals surface area contributed by atoms with Crippen molar-refractivity contribution >= 4 is 22.8 Å². The summed E-state index contributed by atoms with van der Waals surface area (Å²) >= 11 is 5.02. The summed E-state index contributed by atoms with van der Waals surface area (Å²) in [6, 6.07) is 0. The molecule has 1 rings (SSSR count). The minimum Gasteiger partial charge on any atom is -0.462 e. The summed E-state index contributed by atoms with van der Waals surface area (Å²) in [4.78, 5) is 21.2. The van der Waals surface area contributed by atoms with Gasteiger partial charge in [-0.15, -0.1) is 0 Å². The number of carbonyl (C=O) groups is 2. The molecular formula is C8H11ClO3. The van der Waals surface area contributed by atoms with Gasteiger partial charge in [0, 0.05) is 0 Å². The van der Waals surface area contributed by atoms with E-state index >= 15 is 0 Å². The van der Waals surface area contributed by atoms with Gasteiger partial charge in [-0.05, 0) is 37.3 Å². The van der Waals surface area contributed by atoms with E-state index in [2.05, 4.69) is 0 Å². The average molecular weight is 191 g/mol. The topological polar surface area (TPSA) is 43.4 Å². The van der Waals surface area contributed by atoms with Gasteiger partial charge in [0.25, 0.3) is 0 Å². The van der Waals surface area contributed by atoms with Crippen LogP contribution in [0.5, 0.6) is 0 Å². The summed E-state index contributed by atoms with van der Waals surface area (Å²) < 4.78 is 4.98. The van der Waals surface area contributed by atoms with E-state index < -0.39 is 11.2 Å². The lowest BCUT2D eigenvalue weighted by atomic mass is 10.3. The van der Waals surface area contributed by atoms with Crippen molar-refractivity contribution in [1.29, 1.82) is 0 Å². The molecule has 0 aromatic carbocycles. The first-order valence-corrected chi connectivity index (χ1v) is 4.44. The SMILES string of the molecule is O=C(Cl)CC(=O)OC1CCCC1. The van der Waals surface area contributed by atoms with Crippen molar-refractivity contribution in [2.75, 3.05) is 0 Å². The van der Waals surface area contributed by atoms with Crippen LogP contribution in [0.2, 0.25) is 0 Å². The second-order valence-corrected chi connectivity index (χ2v) is 3.35. The standard InChI is InChI=1S/C8H11ClO3/c9-7(10)5-8(11)12-6-3-1-2-4-6/h6H,1-5H2. The molecule has 3 nitrogen and oxygen atoms in total. The van der Waals surface area contributed by atoms with E-state index in [1.54, 1.807) is 0 Å². The van der Waals surface area contributed by atoms with Crippen molar-refractivity contribution in [2.45, 2.75) is 38.2 Å². The molecule has 1 saturated carbocycles. The van der Waals surface area contributed by atoms with Crippen LogP contribution in [0, 0.1) is 0 Å². The maximum atomic E-state index is 10.9. The van der Waals surface area contributed by atoms with Crippen LogP contribution in [0.25, 0.3) is 0 Å². The fraction of sp³-hybridized carbons (Fsp3) is 0.750. The number of carbonyl (C=O) groups excluding carboxylic acids is 2. The van der Waals surface area contributed by atoms with Gasteiger partial charge in [0.05, 0.1) is 0 Å². The quantitative estimate of drug-likeness (QED) is 0.386. The molecule has 68 valence electrons. The zero-order chi connectivity index (χ0) is 8.97. The highest BCUT2D eigenvalue weighted by Crippen LogP contribution is 2.21. The first-order valence-electron chi connectivity index (χ1n) is 4.06. The van der Waals surface area contributed by atoms with E-state index in [9.17, 15) is 9.59 Å². The van der Waals surface area contributed by atoms with Gasteiger partial charge in [0.15, 0.2) is 0 Å². The Balaban J connectivity index is 2.20. The molecule has 0 N–H and O–H groups in total. The van der Waals surface area contributed by atoms with Crippen molar-refractivity contribution in [3.63, 3.8) is 0 Å². The van der Waals surface area contributed by atoms with Crippen LogP contribution in [-0.2, 0) is 14.3 Å². The minimum absolute atomic E-state index is 0.0218. The normalized spacial score (nSPS) is 17.8. The Bertz CT molecular complexity index is 185. The van der Waals surface area contributed by atoms with Gasteiger partial charge in [0.1, 0.15) is 12.5 Å².